The second-order valence-corrected chi connectivity index (χ2v) is 6.69. The Hall–Kier alpha value is -3.20. The normalized spacial score (nSPS) is 13.2. The van der Waals surface area contributed by atoms with E-state index in [2.05, 4.69) is 30.3 Å². The van der Waals surface area contributed by atoms with E-state index >= 15 is 0 Å². The van der Waals surface area contributed by atoms with E-state index in [0.29, 0.717) is 13.0 Å². The maximum Gasteiger partial charge on any atom is 0.227 e. The van der Waals surface area contributed by atoms with Crippen molar-refractivity contribution in [1.82, 2.24) is 4.90 Å². The lowest BCUT2D eigenvalue weighted by atomic mass is 9.96. The van der Waals surface area contributed by atoms with Crippen molar-refractivity contribution < 1.29 is 4.79 Å². The first-order valence-corrected chi connectivity index (χ1v) is 9.34. The Balaban J connectivity index is 1.84. The molecule has 134 valence electrons. The molecule has 0 unspecified atom stereocenters. The van der Waals surface area contributed by atoms with Gasteiger partial charge in [0.15, 0.2) is 0 Å². The van der Waals surface area contributed by atoms with Crippen LogP contribution in [0.15, 0.2) is 83.9 Å². The molecule has 4 rings (SSSR count). The number of amides is 1. The van der Waals surface area contributed by atoms with Crippen LogP contribution in [0.5, 0.6) is 0 Å². The van der Waals surface area contributed by atoms with Gasteiger partial charge in [0.25, 0.3) is 0 Å². The molecule has 3 nitrogen and oxygen atoms in total. The Morgan fingerprint density at radius 2 is 1.52 bits per heavy atom. The van der Waals surface area contributed by atoms with E-state index in [1.54, 1.807) is 0 Å². The minimum absolute atomic E-state index is 0.175. The molecule has 1 heterocycles. The molecule has 0 bridgehead atoms. The zero-order valence-electron chi connectivity index (χ0n) is 15.4. The molecule has 0 radical (unpaired) electrons. The zero-order chi connectivity index (χ0) is 18.6. The van der Waals surface area contributed by atoms with Crippen molar-refractivity contribution in [1.29, 1.82) is 0 Å². The molecule has 27 heavy (non-hydrogen) atoms. The number of hydrogen-bond acceptors (Lipinski definition) is 2. The van der Waals surface area contributed by atoms with Crippen LogP contribution in [0.3, 0.4) is 0 Å². The van der Waals surface area contributed by atoms with Crippen molar-refractivity contribution in [2.45, 2.75) is 19.9 Å². The molecule has 1 aliphatic heterocycles. The van der Waals surface area contributed by atoms with Crippen molar-refractivity contribution in [3.63, 3.8) is 0 Å². The van der Waals surface area contributed by atoms with E-state index in [4.69, 9.17) is 4.99 Å². The van der Waals surface area contributed by atoms with Crippen LogP contribution in [0, 0.1) is 0 Å². The molecular weight excluding hydrogens is 332 g/mol. The number of aliphatic imine (C=N–C) groups is 1. The topological polar surface area (TPSA) is 32.7 Å². The van der Waals surface area contributed by atoms with Crippen LogP contribution in [0.4, 0.5) is 5.69 Å². The van der Waals surface area contributed by atoms with Crippen LogP contribution < -0.4 is 0 Å². The summed E-state index contributed by atoms with van der Waals surface area (Å²) in [6, 6.07) is 26.6. The molecule has 1 aliphatic rings. The second-order valence-electron chi connectivity index (χ2n) is 6.69. The summed E-state index contributed by atoms with van der Waals surface area (Å²) in [5.41, 5.74) is 6.20. The third-order valence-corrected chi connectivity index (χ3v) is 5.00. The average molecular weight is 354 g/mol. The van der Waals surface area contributed by atoms with Crippen LogP contribution in [0.25, 0.3) is 0 Å². The van der Waals surface area contributed by atoms with Crippen molar-refractivity contribution >= 4 is 17.3 Å². The zero-order valence-corrected chi connectivity index (χ0v) is 15.4. The highest BCUT2D eigenvalue weighted by molar-refractivity contribution is 6.14. The summed E-state index contributed by atoms with van der Waals surface area (Å²) in [7, 11) is 0. The molecule has 0 fully saturated rings. The highest BCUT2D eigenvalue weighted by atomic mass is 16.2. The van der Waals surface area contributed by atoms with Gasteiger partial charge in [-0.1, -0.05) is 72.8 Å². The molecule has 0 saturated heterocycles. The number of hydrogen-bond donors (Lipinski definition) is 0. The largest absolute Gasteiger partial charge is 0.338 e. The van der Waals surface area contributed by atoms with E-state index in [1.807, 2.05) is 60.4 Å². The van der Waals surface area contributed by atoms with Gasteiger partial charge < -0.3 is 4.90 Å². The molecule has 1 amide bonds. The maximum absolute atomic E-state index is 12.4. The fourth-order valence-electron chi connectivity index (χ4n) is 3.53. The molecule has 3 aromatic rings. The van der Waals surface area contributed by atoms with Crippen LogP contribution in [0.1, 0.15) is 29.2 Å². The molecule has 0 saturated carbocycles. The number of fused-ring (bicyclic) bond motifs is 1. The van der Waals surface area contributed by atoms with Gasteiger partial charge in [-0.25, -0.2) is 4.99 Å². The molecule has 3 heteroatoms. The minimum Gasteiger partial charge on any atom is -0.338 e. The van der Waals surface area contributed by atoms with Gasteiger partial charge in [-0.2, -0.15) is 0 Å². The van der Waals surface area contributed by atoms with E-state index in [9.17, 15) is 4.79 Å². The van der Waals surface area contributed by atoms with Crippen molar-refractivity contribution in [3.8, 4) is 0 Å². The van der Waals surface area contributed by atoms with Crippen LogP contribution in [-0.2, 0) is 17.8 Å². The molecule has 3 aromatic carbocycles. The maximum atomic E-state index is 12.4. The van der Waals surface area contributed by atoms with Gasteiger partial charge in [-0.3, -0.25) is 4.79 Å². The molecule has 0 aliphatic carbocycles. The Kier molecular flexibility index (Phi) is 4.84. The Labute approximate surface area is 160 Å². The highest BCUT2D eigenvalue weighted by Gasteiger charge is 2.24. The van der Waals surface area contributed by atoms with Crippen molar-refractivity contribution in [2.75, 3.05) is 6.54 Å². The predicted molar refractivity (Wildman–Crippen MR) is 109 cm³/mol. The lowest BCUT2D eigenvalue weighted by Crippen LogP contribution is -2.35. The highest BCUT2D eigenvalue weighted by Crippen LogP contribution is 2.30. The quantitative estimate of drug-likeness (QED) is 0.622. The SMILES string of the molecule is CCN1Cc2cccc(N=C(c3ccccc3)c3ccccc3)c2CC1=O. The first-order chi connectivity index (χ1) is 13.3. The Morgan fingerprint density at radius 3 is 2.11 bits per heavy atom. The number of carbonyl (C=O) groups is 1. The number of rotatable bonds is 4. The summed E-state index contributed by atoms with van der Waals surface area (Å²) in [5, 5.41) is 0. The standard InChI is InChI=1S/C24H22N2O/c1-2-26-17-20-14-9-15-22(21(20)16-23(26)27)25-24(18-10-5-3-6-11-18)19-12-7-4-8-13-19/h3-15H,2,16-17H2,1H3. The molecule has 0 spiro atoms. The number of benzene rings is 3. The first kappa shape index (κ1) is 17.2. The second kappa shape index (κ2) is 7.58. The Morgan fingerprint density at radius 1 is 0.889 bits per heavy atom. The van der Waals surface area contributed by atoms with Gasteiger partial charge in [0.1, 0.15) is 0 Å². The van der Waals surface area contributed by atoms with Gasteiger partial charge in [-0.05, 0) is 24.1 Å². The summed E-state index contributed by atoms with van der Waals surface area (Å²) in [6.45, 7) is 3.43. The van der Waals surface area contributed by atoms with E-state index in [1.165, 1.54) is 5.56 Å². The van der Waals surface area contributed by atoms with Crippen LogP contribution >= 0.6 is 0 Å². The number of nitrogens with zero attached hydrogens (tertiary/aromatic N) is 2. The fraction of sp³-hybridized carbons (Fsp3) is 0.167. The summed E-state index contributed by atoms with van der Waals surface area (Å²) < 4.78 is 0. The van der Waals surface area contributed by atoms with Gasteiger partial charge in [0.2, 0.25) is 5.91 Å². The number of carbonyl (C=O) groups excluding carboxylic acids is 1. The molecular formula is C24H22N2O. The minimum atomic E-state index is 0.175. The smallest absolute Gasteiger partial charge is 0.227 e. The number of likely N-dealkylation sites (N-methyl/N-ethyl adjacent to an activating group) is 1. The molecule has 0 aromatic heterocycles. The Bertz CT molecular complexity index is 936. The monoisotopic (exact) mass is 354 g/mol. The van der Waals surface area contributed by atoms with Gasteiger partial charge in [0, 0.05) is 24.2 Å². The lowest BCUT2D eigenvalue weighted by molar-refractivity contribution is -0.131. The average Bonchev–Trinajstić information content (AvgIpc) is 2.73. The van der Waals surface area contributed by atoms with Crippen LogP contribution in [0.2, 0.25) is 0 Å². The molecule has 0 N–H and O–H groups in total. The van der Waals surface area contributed by atoms with E-state index in [-0.39, 0.29) is 5.91 Å². The summed E-state index contributed by atoms with van der Waals surface area (Å²) in [4.78, 5) is 19.4. The third kappa shape index (κ3) is 3.54. The van der Waals surface area contributed by atoms with Crippen molar-refractivity contribution in [2.24, 2.45) is 4.99 Å². The van der Waals surface area contributed by atoms with Gasteiger partial charge in [-0.15, -0.1) is 0 Å². The molecule has 0 atom stereocenters. The first-order valence-electron chi connectivity index (χ1n) is 9.34. The van der Waals surface area contributed by atoms with Crippen molar-refractivity contribution in [3.05, 3.63) is 101 Å². The summed E-state index contributed by atoms with van der Waals surface area (Å²) in [5.74, 6) is 0.175. The van der Waals surface area contributed by atoms with E-state index < -0.39 is 0 Å². The van der Waals surface area contributed by atoms with Gasteiger partial charge >= 0.3 is 0 Å². The summed E-state index contributed by atoms with van der Waals surface area (Å²) in [6.07, 6.45) is 0.416. The van der Waals surface area contributed by atoms with Crippen LogP contribution in [-0.4, -0.2) is 23.1 Å². The lowest BCUT2D eigenvalue weighted by Gasteiger charge is -2.28. The summed E-state index contributed by atoms with van der Waals surface area (Å²) >= 11 is 0. The predicted octanol–water partition coefficient (Wildman–Crippen LogP) is 4.76. The third-order valence-electron chi connectivity index (χ3n) is 5.00. The van der Waals surface area contributed by atoms with Gasteiger partial charge in [0.05, 0.1) is 17.8 Å². The fourth-order valence-corrected chi connectivity index (χ4v) is 3.53. The van der Waals surface area contributed by atoms with E-state index in [0.717, 1.165) is 34.6 Å².